The Balaban J connectivity index is 2.84. The van der Waals surface area contributed by atoms with Gasteiger partial charge in [-0.1, -0.05) is 39.0 Å². The summed E-state index contributed by atoms with van der Waals surface area (Å²) in [4.78, 5) is 12.0. The maximum atomic E-state index is 13.2. The van der Waals surface area contributed by atoms with Crippen molar-refractivity contribution in [3.05, 3.63) is 35.4 Å². The van der Waals surface area contributed by atoms with E-state index in [1.807, 2.05) is 20.8 Å². The van der Waals surface area contributed by atoms with E-state index in [4.69, 9.17) is 9.47 Å². The van der Waals surface area contributed by atoms with Gasteiger partial charge in [-0.05, 0) is 23.5 Å². The molecule has 0 aliphatic heterocycles. The summed E-state index contributed by atoms with van der Waals surface area (Å²) in [5.41, 5.74) is -0.925. The zero-order valence-electron chi connectivity index (χ0n) is 15.1. The molecule has 1 N–H and O–H groups in total. The smallest absolute Gasteiger partial charge is 0.382 e. The Kier molecular flexibility index (Phi) is 7.89. The van der Waals surface area contributed by atoms with Gasteiger partial charge in [0.2, 0.25) is 5.91 Å². The van der Waals surface area contributed by atoms with Crippen molar-refractivity contribution in [3.63, 3.8) is 0 Å². The molecule has 0 heterocycles. The largest absolute Gasteiger partial charge is 0.416 e. The molecule has 0 saturated heterocycles. The van der Waals surface area contributed by atoms with Crippen molar-refractivity contribution in [1.82, 2.24) is 5.32 Å². The summed E-state index contributed by atoms with van der Waals surface area (Å²) < 4.78 is 49.5. The van der Waals surface area contributed by atoms with Crippen molar-refractivity contribution in [1.29, 1.82) is 0 Å². The Hall–Kier alpha value is -1.60. The first-order valence-electron chi connectivity index (χ1n) is 8.07. The summed E-state index contributed by atoms with van der Waals surface area (Å²) in [6.07, 6.45) is -4.34. The highest BCUT2D eigenvalue weighted by Gasteiger charge is 2.35. The molecular formula is C18H26F3NO3. The first-order valence-corrected chi connectivity index (χ1v) is 8.07. The highest BCUT2D eigenvalue weighted by Crippen LogP contribution is 2.33. The number of hydrogen-bond acceptors (Lipinski definition) is 3. The zero-order chi connectivity index (χ0) is 19.1. The number of benzene rings is 1. The number of ether oxygens (including phenoxy) is 2. The molecule has 0 aromatic heterocycles. The van der Waals surface area contributed by atoms with Crippen LogP contribution in [0.1, 0.15) is 31.9 Å². The van der Waals surface area contributed by atoms with E-state index >= 15 is 0 Å². The third-order valence-corrected chi connectivity index (χ3v) is 3.79. The Morgan fingerprint density at radius 1 is 1.16 bits per heavy atom. The molecule has 0 aliphatic carbocycles. The Morgan fingerprint density at radius 2 is 1.80 bits per heavy atom. The van der Waals surface area contributed by atoms with Crippen LogP contribution in [0.15, 0.2) is 24.3 Å². The molecule has 1 amide bonds. The molecule has 25 heavy (non-hydrogen) atoms. The summed E-state index contributed by atoms with van der Waals surface area (Å²) in [5.74, 6) is -0.361. The lowest BCUT2D eigenvalue weighted by molar-refractivity contribution is -0.138. The van der Waals surface area contributed by atoms with E-state index in [2.05, 4.69) is 5.32 Å². The van der Waals surface area contributed by atoms with E-state index in [-0.39, 0.29) is 31.1 Å². The van der Waals surface area contributed by atoms with Crippen LogP contribution in [0.25, 0.3) is 0 Å². The molecule has 1 aromatic rings. The van der Waals surface area contributed by atoms with Gasteiger partial charge in [-0.15, -0.1) is 0 Å². The molecule has 1 aromatic carbocycles. The second-order valence-electron chi connectivity index (χ2n) is 6.89. The van der Waals surface area contributed by atoms with Gasteiger partial charge in [0, 0.05) is 13.2 Å². The quantitative estimate of drug-likeness (QED) is 0.722. The van der Waals surface area contributed by atoms with Crippen molar-refractivity contribution >= 4 is 5.91 Å². The Labute approximate surface area is 146 Å². The number of hydrogen-bond donors (Lipinski definition) is 1. The molecule has 7 heteroatoms. The van der Waals surface area contributed by atoms with Gasteiger partial charge in [-0.3, -0.25) is 4.79 Å². The van der Waals surface area contributed by atoms with E-state index in [0.29, 0.717) is 6.61 Å². The van der Waals surface area contributed by atoms with Crippen molar-refractivity contribution < 1.29 is 27.4 Å². The number of methoxy groups -OCH3 is 1. The first kappa shape index (κ1) is 21.4. The topological polar surface area (TPSA) is 47.6 Å². The van der Waals surface area contributed by atoms with Gasteiger partial charge in [0.1, 0.15) is 6.61 Å². The van der Waals surface area contributed by atoms with Crippen molar-refractivity contribution in [2.45, 2.75) is 39.4 Å². The van der Waals surface area contributed by atoms with Crippen molar-refractivity contribution in [2.75, 3.05) is 26.9 Å². The number of amides is 1. The third kappa shape index (κ3) is 7.44. The molecule has 0 unspecified atom stereocenters. The zero-order valence-corrected chi connectivity index (χ0v) is 15.1. The molecular weight excluding hydrogens is 335 g/mol. The van der Waals surface area contributed by atoms with Gasteiger partial charge in [0.05, 0.1) is 18.8 Å². The molecule has 142 valence electrons. The van der Waals surface area contributed by atoms with Gasteiger partial charge < -0.3 is 14.8 Å². The van der Waals surface area contributed by atoms with Gasteiger partial charge >= 0.3 is 6.18 Å². The predicted molar refractivity (Wildman–Crippen MR) is 89.2 cm³/mol. The van der Waals surface area contributed by atoms with E-state index in [1.165, 1.54) is 19.2 Å². The normalized spacial score (nSPS) is 13.6. The molecule has 0 spiro atoms. The third-order valence-electron chi connectivity index (χ3n) is 3.79. The van der Waals surface area contributed by atoms with Crippen LogP contribution in [-0.4, -0.2) is 38.9 Å². The average molecular weight is 361 g/mol. The minimum absolute atomic E-state index is 0.0863. The summed E-state index contributed by atoms with van der Waals surface area (Å²) in [5, 5.41) is 2.79. The fourth-order valence-corrected chi connectivity index (χ4v) is 2.31. The van der Waals surface area contributed by atoms with Gasteiger partial charge in [-0.25, -0.2) is 0 Å². The van der Waals surface area contributed by atoms with Crippen LogP contribution in [0.2, 0.25) is 0 Å². The molecule has 1 rings (SSSR count). The van der Waals surface area contributed by atoms with Crippen LogP contribution in [0.4, 0.5) is 13.2 Å². The monoisotopic (exact) mass is 361 g/mol. The lowest BCUT2D eigenvalue weighted by atomic mass is 9.82. The molecule has 1 atom stereocenters. The number of rotatable bonds is 8. The van der Waals surface area contributed by atoms with Gasteiger partial charge in [0.15, 0.2) is 0 Å². The van der Waals surface area contributed by atoms with Gasteiger partial charge in [-0.2, -0.15) is 13.2 Å². The highest BCUT2D eigenvalue weighted by molar-refractivity contribution is 5.77. The highest BCUT2D eigenvalue weighted by atomic mass is 19.4. The summed E-state index contributed by atoms with van der Waals surface area (Å²) in [6.45, 7) is 6.12. The lowest BCUT2D eigenvalue weighted by Crippen LogP contribution is -2.46. The SMILES string of the molecule is COCCOCC(=O)N[C@@H](Cc1ccccc1C(F)(F)F)C(C)(C)C. The number of carbonyl (C=O) groups excluding carboxylic acids is 1. The molecule has 0 aliphatic rings. The summed E-state index contributed by atoms with van der Waals surface area (Å²) in [7, 11) is 1.52. The maximum Gasteiger partial charge on any atom is 0.416 e. The van der Waals surface area contributed by atoms with Crippen LogP contribution in [0.5, 0.6) is 0 Å². The summed E-state index contributed by atoms with van der Waals surface area (Å²) >= 11 is 0. The lowest BCUT2D eigenvalue weighted by Gasteiger charge is -2.32. The van der Waals surface area contributed by atoms with Crippen molar-refractivity contribution in [3.8, 4) is 0 Å². The second-order valence-corrected chi connectivity index (χ2v) is 6.89. The number of alkyl halides is 3. The average Bonchev–Trinajstić information content (AvgIpc) is 2.49. The van der Waals surface area contributed by atoms with Crippen molar-refractivity contribution in [2.24, 2.45) is 5.41 Å². The number of halogens is 3. The van der Waals surface area contributed by atoms with Crippen LogP contribution < -0.4 is 5.32 Å². The van der Waals surface area contributed by atoms with Gasteiger partial charge in [0.25, 0.3) is 0 Å². The first-order chi connectivity index (χ1) is 11.6. The second kappa shape index (κ2) is 9.20. The molecule has 0 saturated carbocycles. The molecule has 0 radical (unpaired) electrons. The molecule has 4 nitrogen and oxygen atoms in total. The van der Waals surface area contributed by atoms with E-state index in [0.717, 1.165) is 6.07 Å². The van der Waals surface area contributed by atoms with Crippen LogP contribution in [0.3, 0.4) is 0 Å². The molecule has 0 bridgehead atoms. The maximum absolute atomic E-state index is 13.2. The number of nitrogens with one attached hydrogen (secondary N) is 1. The van der Waals surface area contributed by atoms with Crippen LogP contribution in [-0.2, 0) is 26.9 Å². The number of carbonyl (C=O) groups is 1. The van der Waals surface area contributed by atoms with E-state index in [9.17, 15) is 18.0 Å². The molecule has 0 fully saturated rings. The van der Waals surface area contributed by atoms with Crippen LogP contribution in [0, 0.1) is 5.41 Å². The fraction of sp³-hybridized carbons (Fsp3) is 0.611. The predicted octanol–water partition coefficient (Wildman–Crippen LogP) is 3.44. The Bertz CT molecular complexity index is 553. The Morgan fingerprint density at radius 3 is 2.36 bits per heavy atom. The van der Waals surface area contributed by atoms with E-state index in [1.54, 1.807) is 6.07 Å². The fourth-order valence-electron chi connectivity index (χ4n) is 2.31. The minimum atomic E-state index is -4.42. The van der Waals surface area contributed by atoms with E-state index < -0.39 is 23.2 Å². The van der Waals surface area contributed by atoms with Crippen LogP contribution >= 0.6 is 0 Å². The standard InChI is InChI=1S/C18H26F3NO3/c1-17(2,3)15(22-16(23)12-25-10-9-24-4)11-13-7-5-6-8-14(13)18(19,20)21/h5-8,15H,9-12H2,1-4H3,(H,22,23)/t15-/m0/s1. The minimum Gasteiger partial charge on any atom is -0.382 e. The summed E-state index contributed by atoms with van der Waals surface area (Å²) in [6, 6.07) is 4.98.